The third-order valence-corrected chi connectivity index (χ3v) is 4.49. The zero-order valence-corrected chi connectivity index (χ0v) is 14.9. The molecule has 3 aromatic rings. The number of tetrazole rings is 1. The summed E-state index contributed by atoms with van der Waals surface area (Å²) in [5.41, 5.74) is 2.77. The van der Waals surface area contributed by atoms with Gasteiger partial charge in [-0.25, -0.2) is 0 Å². The van der Waals surface area contributed by atoms with Gasteiger partial charge in [0.05, 0.1) is 14.2 Å². The summed E-state index contributed by atoms with van der Waals surface area (Å²) in [6.45, 7) is 0. The largest absolute Gasteiger partial charge is 0.493 e. The van der Waals surface area contributed by atoms with Crippen LogP contribution in [0.1, 0.15) is 17.2 Å². The fourth-order valence-electron chi connectivity index (χ4n) is 3.02. The Morgan fingerprint density at radius 2 is 1.88 bits per heavy atom. The number of ether oxygens (including phenoxy) is 2. The first-order valence-electron chi connectivity index (χ1n) is 7.95. The number of hydrogen-bond acceptors (Lipinski definition) is 6. The van der Waals surface area contributed by atoms with Crippen molar-refractivity contribution >= 4 is 23.2 Å². The minimum Gasteiger partial charge on any atom is -0.493 e. The molecule has 0 fully saturated rings. The van der Waals surface area contributed by atoms with Crippen molar-refractivity contribution in [1.82, 2.24) is 20.2 Å². The third-order valence-electron chi connectivity index (χ3n) is 4.23. The van der Waals surface area contributed by atoms with Gasteiger partial charge in [-0.1, -0.05) is 41.0 Å². The summed E-state index contributed by atoms with van der Waals surface area (Å²) in [6, 6.07) is 13.1. The molecule has 26 heavy (non-hydrogen) atoms. The monoisotopic (exact) mass is 369 g/mol. The maximum Gasteiger partial charge on any atom is 0.248 e. The molecule has 1 aliphatic rings. The van der Waals surface area contributed by atoms with Crippen molar-refractivity contribution in [2.75, 3.05) is 19.5 Å². The first-order valence-corrected chi connectivity index (χ1v) is 8.32. The Bertz CT molecular complexity index is 968. The van der Waals surface area contributed by atoms with Crippen LogP contribution in [-0.2, 0) is 0 Å². The zero-order valence-electron chi connectivity index (χ0n) is 14.2. The van der Waals surface area contributed by atoms with Crippen LogP contribution in [0.15, 0.2) is 48.5 Å². The van der Waals surface area contributed by atoms with E-state index in [1.807, 2.05) is 48.5 Å². The molecular formula is C18H16ClN5O2. The van der Waals surface area contributed by atoms with Crippen LogP contribution in [0, 0.1) is 0 Å². The van der Waals surface area contributed by atoms with E-state index in [2.05, 4.69) is 20.8 Å². The van der Waals surface area contributed by atoms with Crippen LogP contribution in [0.4, 0.5) is 5.95 Å². The highest BCUT2D eigenvalue weighted by molar-refractivity contribution is 6.30. The van der Waals surface area contributed by atoms with Crippen LogP contribution in [0.25, 0.3) is 5.70 Å². The number of nitrogens with zero attached hydrogens (tertiary/aromatic N) is 4. The highest BCUT2D eigenvalue weighted by Gasteiger charge is 2.27. The van der Waals surface area contributed by atoms with Gasteiger partial charge in [-0.05, 0) is 40.3 Å². The lowest BCUT2D eigenvalue weighted by atomic mass is 10.0. The third kappa shape index (κ3) is 2.76. The van der Waals surface area contributed by atoms with Gasteiger partial charge in [0.2, 0.25) is 5.95 Å². The average molecular weight is 370 g/mol. The lowest BCUT2D eigenvalue weighted by Gasteiger charge is -2.25. The molecule has 2 heterocycles. The van der Waals surface area contributed by atoms with E-state index < -0.39 is 0 Å². The number of aromatic nitrogens is 4. The predicted octanol–water partition coefficient (Wildman–Crippen LogP) is 3.40. The minimum absolute atomic E-state index is 0.253. The van der Waals surface area contributed by atoms with Gasteiger partial charge in [0.25, 0.3) is 0 Å². The number of rotatable bonds is 4. The number of halogens is 1. The molecule has 0 bridgehead atoms. The Morgan fingerprint density at radius 1 is 1.08 bits per heavy atom. The first-order chi connectivity index (χ1) is 12.7. The molecule has 1 atom stereocenters. The summed E-state index contributed by atoms with van der Waals surface area (Å²) in [7, 11) is 3.23. The van der Waals surface area contributed by atoms with Crippen LogP contribution < -0.4 is 14.8 Å². The van der Waals surface area contributed by atoms with E-state index in [4.69, 9.17) is 21.1 Å². The zero-order chi connectivity index (χ0) is 18.1. The molecule has 0 amide bonds. The number of nitrogens with one attached hydrogen (secondary N) is 1. The Hall–Kier alpha value is -3.06. The molecule has 4 rings (SSSR count). The predicted molar refractivity (Wildman–Crippen MR) is 98.6 cm³/mol. The van der Waals surface area contributed by atoms with E-state index in [0.717, 1.165) is 16.8 Å². The van der Waals surface area contributed by atoms with Gasteiger partial charge < -0.3 is 14.8 Å². The van der Waals surface area contributed by atoms with Crippen molar-refractivity contribution in [3.05, 3.63) is 64.7 Å². The molecular weight excluding hydrogens is 354 g/mol. The number of allylic oxidation sites excluding steroid dienone is 1. The van der Waals surface area contributed by atoms with Crippen LogP contribution in [-0.4, -0.2) is 34.4 Å². The molecule has 0 saturated carbocycles. The van der Waals surface area contributed by atoms with Crippen LogP contribution in [0.3, 0.4) is 0 Å². The molecule has 0 spiro atoms. The second kappa shape index (κ2) is 6.68. The average Bonchev–Trinajstić information content (AvgIpc) is 3.15. The second-order valence-electron chi connectivity index (χ2n) is 5.69. The van der Waals surface area contributed by atoms with Gasteiger partial charge in [0.1, 0.15) is 6.04 Å². The SMILES string of the molecule is COc1cccc(C2C=C(c3ccc(Cl)cc3)Nc3nnnn32)c1OC. The van der Waals surface area contributed by atoms with E-state index in [-0.39, 0.29) is 6.04 Å². The molecule has 0 aliphatic carbocycles. The molecule has 1 unspecified atom stereocenters. The Morgan fingerprint density at radius 3 is 2.62 bits per heavy atom. The number of para-hydroxylation sites is 1. The summed E-state index contributed by atoms with van der Waals surface area (Å²) < 4.78 is 12.7. The van der Waals surface area contributed by atoms with Crippen LogP contribution in [0.5, 0.6) is 11.5 Å². The van der Waals surface area contributed by atoms with Gasteiger partial charge >= 0.3 is 0 Å². The summed E-state index contributed by atoms with van der Waals surface area (Å²) >= 11 is 6.00. The van der Waals surface area contributed by atoms with Crippen molar-refractivity contribution in [2.24, 2.45) is 0 Å². The lowest BCUT2D eigenvalue weighted by Crippen LogP contribution is -2.20. The normalized spacial score (nSPS) is 15.7. The minimum atomic E-state index is -0.253. The molecule has 8 heteroatoms. The molecule has 1 N–H and O–H groups in total. The molecule has 0 saturated heterocycles. The first kappa shape index (κ1) is 16.4. The van der Waals surface area contributed by atoms with Gasteiger partial charge in [0, 0.05) is 16.3 Å². The molecule has 1 aliphatic heterocycles. The summed E-state index contributed by atoms with van der Waals surface area (Å²) in [5, 5.41) is 15.9. The van der Waals surface area contributed by atoms with Crippen LogP contribution in [0.2, 0.25) is 5.02 Å². The van der Waals surface area contributed by atoms with Crippen molar-refractivity contribution in [3.63, 3.8) is 0 Å². The highest BCUT2D eigenvalue weighted by Crippen LogP contribution is 2.40. The van der Waals surface area contributed by atoms with E-state index in [9.17, 15) is 0 Å². The lowest BCUT2D eigenvalue weighted by molar-refractivity contribution is 0.348. The summed E-state index contributed by atoms with van der Waals surface area (Å²) in [5.74, 6) is 1.85. The fraction of sp³-hybridized carbons (Fsp3) is 0.167. The number of anilines is 1. The molecule has 2 aromatic carbocycles. The van der Waals surface area contributed by atoms with Gasteiger partial charge in [0.15, 0.2) is 11.5 Å². The number of methoxy groups -OCH3 is 2. The van der Waals surface area contributed by atoms with E-state index >= 15 is 0 Å². The standard InChI is InChI=1S/C18H16ClN5O2/c1-25-16-5-3-4-13(17(16)26-2)15-10-14(11-6-8-12(19)9-7-11)20-18-21-22-23-24(15)18/h3-10,15H,1-2H3,(H,20,21,23). The van der Waals surface area contributed by atoms with E-state index in [1.165, 1.54) is 0 Å². The highest BCUT2D eigenvalue weighted by atomic mass is 35.5. The van der Waals surface area contributed by atoms with Gasteiger partial charge in [-0.3, -0.25) is 0 Å². The quantitative estimate of drug-likeness (QED) is 0.759. The Balaban J connectivity index is 1.85. The van der Waals surface area contributed by atoms with Gasteiger partial charge in [-0.15, -0.1) is 0 Å². The topological polar surface area (TPSA) is 74.1 Å². The number of hydrogen-bond donors (Lipinski definition) is 1. The van der Waals surface area contributed by atoms with Crippen LogP contribution >= 0.6 is 11.6 Å². The van der Waals surface area contributed by atoms with Crippen molar-refractivity contribution in [2.45, 2.75) is 6.04 Å². The molecule has 7 nitrogen and oxygen atoms in total. The summed E-state index contributed by atoms with van der Waals surface area (Å²) in [6.07, 6.45) is 2.05. The maximum atomic E-state index is 6.00. The second-order valence-corrected chi connectivity index (χ2v) is 6.12. The fourth-order valence-corrected chi connectivity index (χ4v) is 3.14. The van der Waals surface area contributed by atoms with Crippen molar-refractivity contribution in [1.29, 1.82) is 0 Å². The van der Waals surface area contributed by atoms with Crippen molar-refractivity contribution in [3.8, 4) is 11.5 Å². The molecule has 0 radical (unpaired) electrons. The van der Waals surface area contributed by atoms with E-state index in [1.54, 1.807) is 18.9 Å². The molecule has 1 aromatic heterocycles. The summed E-state index contributed by atoms with van der Waals surface area (Å²) in [4.78, 5) is 0. The number of benzene rings is 2. The van der Waals surface area contributed by atoms with Gasteiger partial charge in [-0.2, -0.15) is 4.68 Å². The smallest absolute Gasteiger partial charge is 0.248 e. The maximum absolute atomic E-state index is 6.00. The van der Waals surface area contributed by atoms with Crippen molar-refractivity contribution < 1.29 is 9.47 Å². The van der Waals surface area contributed by atoms with E-state index in [0.29, 0.717) is 22.5 Å². The Kier molecular flexibility index (Phi) is 4.22. The number of fused-ring (bicyclic) bond motifs is 1. The Labute approximate surface area is 155 Å². The molecule has 132 valence electrons.